The minimum Gasteiger partial charge on any atom is -0.369 e. The third kappa shape index (κ3) is 3.91. The number of nitrogens with two attached hydrogens (primary N) is 1. The van der Waals surface area contributed by atoms with E-state index in [1.165, 1.54) is 31.3 Å². The average molecular weight is 455 g/mol. The molecular weight excluding hydrogens is 434 g/mol. The third-order valence-electron chi connectivity index (χ3n) is 5.41. The molecule has 2 aromatic rings. The van der Waals surface area contributed by atoms with Crippen LogP contribution in [-0.2, 0) is 27.9 Å². The third-order valence-corrected chi connectivity index (χ3v) is 7.61. The van der Waals surface area contributed by atoms with Crippen LogP contribution in [0.25, 0.3) is 0 Å². The molecule has 0 fully saturated rings. The second kappa shape index (κ2) is 7.67. The van der Waals surface area contributed by atoms with Gasteiger partial charge in [-0.05, 0) is 18.1 Å². The topological polar surface area (TPSA) is 75.8 Å². The zero-order chi connectivity index (χ0) is 23.2. The second-order valence-electron chi connectivity index (χ2n) is 7.41. The van der Waals surface area contributed by atoms with E-state index in [9.17, 15) is 26.0 Å². The first-order chi connectivity index (χ1) is 14.3. The molecule has 0 amide bonds. The van der Waals surface area contributed by atoms with Gasteiger partial charge in [-0.3, -0.25) is 0 Å². The number of sulfonamides is 1. The molecule has 2 N–H and O–H groups in total. The quantitative estimate of drug-likeness (QED) is 0.552. The standard InChI is InChI=1S/C21H21F4N3O2S/c1-4-21(16-10-9-15(22)12-17(16)23)18(31(29,30)28(3)19(26)27-21)11-13-5-7-14(8-6-13)20(2,24)25/h4-10,12,18H,1,11H2,2-3H3,(H2,26,27)/t18-,21-/m1/s1. The second-order valence-corrected chi connectivity index (χ2v) is 9.56. The summed E-state index contributed by atoms with van der Waals surface area (Å²) in [6.07, 6.45) is 0.946. The van der Waals surface area contributed by atoms with Crippen molar-refractivity contribution >= 4 is 16.0 Å². The van der Waals surface area contributed by atoms with E-state index in [2.05, 4.69) is 11.6 Å². The minimum absolute atomic E-state index is 0.206. The van der Waals surface area contributed by atoms with Crippen LogP contribution in [0.3, 0.4) is 0 Å². The molecule has 166 valence electrons. The maximum atomic E-state index is 14.7. The Kier molecular flexibility index (Phi) is 5.64. The van der Waals surface area contributed by atoms with Crippen molar-refractivity contribution in [3.63, 3.8) is 0 Å². The fraction of sp³-hybridized carbons (Fsp3) is 0.286. The van der Waals surface area contributed by atoms with Crippen LogP contribution < -0.4 is 5.73 Å². The van der Waals surface area contributed by atoms with Crippen molar-refractivity contribution in [1.29, 1.82) is 0 Å². The van der Waals surface area contributed by atoms with Crippen molar-refractivity contribution < 1.29 is 26.0 Å². The number of benzene rings is 2. The van der Waals surface area contributed by atoms with Gasteiger partial charge in [0.15, 0.2) is 0 Å². The van der Waals surface area contributed by atoms with E-state index in [0.717, 1.165) is 29.4 Å². The molecule has 0 spiro atoms. The van der Waals surface area contributed by atoms with Crippen molar-refractivity contribution in [3.8, 4) is 0 Å². The Morgan fingerprint density at radius 2 is 1.84 bits per heavy atom. The molecule has 0 unspecified atom stereocenters. The number of aliphatic imine (C=N–C) groups is 1. The summed E-state index contributed by atoms with van der Waals surface area (Å²) < 4.78 is 82.6. The molecule has 3 rings (SSSR count). The fourth-order valence-electron chi connectivity index (χ4n) is 3.62. The number of nitrogens with zero attached hydrogens (tertiary/aromatic N) is 2. The Morgan fingerprint density at radius 3 is 2.35 bits per heavy atom. The van der Waals surface area contributed by atoms with Gasteiger partial charge in [0.1, 0.15) is 22.4 Å². The highest BCUT2D eigenvalue weighted by Gasteiger charge is 2.52. The zero-order valence-corrected chi connectivity index (χ0v) is 17.6. The summed E-state index contributed by atoms with van der Waals surface area (Å²) in [5, 5.41) is -1.41. The van der Waals surface area contributed by atoms with Crippen LogP contribution in [0, 0.1) is 11.6 Å². The number of hydrogen-bond acceptors (Lipinski definition) is 4. The van der Waals surface area contributed by atoms with Crippen LogP contribution >= 0.6 is 0 Å². The number of halogens is 4. The van der Waals surface area contributed by atoms with Gasteiger partial charge in [-0.25, -0.2) is 35.3 Å². The summed E-state index contributed by atoms with van der Waals surface area (Å²) in [5.41, 5.74) is 3.90. The SMILES string of the molecule is C=C[C@]1(c2ccc(F)cc2F)N=C(N)N(C)S(=O)(=O)[C@@H]1Cc1ccc(C(C)(F)F)cc1. The highest BCUT2D eigenvalue weighted by molar-refractivity contribution is 7.90. The first-order valence-electron chi connectivity index (χ1n) is 9.22. The van der Waals surface area contributed by atoms with Gasteiger partial charge in [-0.2, -0.15) is 0 Å². The van der Waals surface area contributed by atoms with E-state index in [1.807, 2.05) is 0 Å². The number of rotatable bonds is 5. The molecule has 0 bridgehead atoms. The van der Waals surface area contributed by atoms with Crippen molar-refractivity contribution in [2.75, 3.05) is 7.05 Å². The molecule has 2 aromatic carbocycles. The van der Waals surface area contributed by atoms with Crippen LogP contribution in [0.15, 0.2) is 60.1 Å². The van der Waals surface area contributed by atoms with Crippen LogP contribution in [0.4, 0.5) is 17.6 Å². The summed E-state index contributed by atoms with van der Waals surface area (Å²) in [6.45, 7) is 4.40. The van der Waals surface area contributed by atoms with Crippen LogP contribution in [-0.4, -0.2) is 31.0 Å². The van der Waals surface area contributed by atoms with Crippen LogP contribution in [0.5, 0.6) is 0 Å². The molecule has 0 saturated carbocycles. The van der Waals surface area contributed by atoms with Crippen molar-refractivity contribution in [2.45, 2.75) is 30.1 Å². The van der Waals surface area contributed by atoms with E-state index in [4.69, 9.17) is 5.73 Å². The summed E-state index contributed by atoms with van der Waals surface area (Å²) in [6, 6.07) is 7.83. The fourth-order valence-corrected chi connectivity index (χ4v) is 5.44. The number of guanidine groups is 1. The van der Waals surface area contributed by atoms with Crippen LogP contribution in [0.2, 0.25) is 0 Å². The largest absolute Gasteiger partial charge is 0.369 e. The van der Waals surface area contributed by atoms with Crippen molar-refractivity contribution in [3.05, 3.63) is 83.4 Å². The molecule has 31 heavy (non-hydrogen) atoms. The first-order valence-corrected chi connectivity index (χ1v) is 10.7. The Morgan fingerprint density at radius 1 is 1.23 bits per heavy atom. The molecule has 0 aromatic heterocycles. The molecule has 1 aliphatic rings. The zero-order valence-electron chi connectivity index (χ0n) is 16.8. The van der Waals surface area contributed by atoms with Crippen LogP contribution in [0.1, 0.15) is 23.6 Å². The number of hydrogen-bond donors (Lipinski definition) is 1. The van der Waals surface area contributed by atoms with E-state index in [0.29, 0.717) is 11.6 Å². The summed E-state index contributed by atoms with van der Waals surface area (Å²) in [7, 11) is -2.98. The molecule has 0 saturated heterocycles. The normalized spacial score (nSPS) is 23.4. The highest BCUT2D eigenvalue weighted by atomic mass is 32.2. The Hall–Kier alpha value is -2.88. The van der Waals surface area contributed by atoms with Gasteiger partial charge in [0.05, 0.1) is 0 Å². The van der Waals surface area contributed by atoms with Gasteiger partial charge < -0.3 is 5.73 Å². The average Bonchev–Trinajstić information content (AvgIpc) is 2.68. The van der Waals surface area contributed by atoms with Crippen molar-refractivity contribution in [1.82, 2.24) is 4.31 Å². The lowest BCUT2D eigenvalue weighted by molar-refractivity contribution is 0.0174. The van der Waals surface area contributed by atoms with E-state index >= 15 is 0 Å². The summed E-state index contributed by atoms with van der Waals surface area (Å²) in [5.74, 6) is -5.31. The lowest BCUT2D eigenvalue weighted by Gasteiger charge is -2.42. The summed E-state index contributed by atoms with van der Waals surface area (Å²) in [4.78, 5) is 4.24. The monoisotopic (exact) mass is 455 g/mol. The lowest BCUT2D eigenvalue weighted by atomic mass is 9.83. The van der Waals surface area contributed by atoms with E-state index < -0.39 is 38.4 Å². The van der Waals surface area contributed by atoms with Crippen molar-refractivity contribution in [2.24, 2.45) is 10.7 Å². The molecule has 1 aliphatic heterocycles. The maximum Gasteiger partial charge on any atom is 0.270 e. The van der Waals surface area contributed by atoms with Gasteiger partial charge in [-0.1, -0.05) is 36.4 Å². The van der Waals surface area contributed by atoms with Gasteiger partial charge in [0.25, 0.3) is 5.92 Å². The van der Waals surface area contributed by atoms with E-state index in [1.54, 1.807) is 0 Å². The lowest BCUT2D eigenvalue weighted by Crippen LogP contribution is -2.57. The molecule has 0 aliphatic carbocycles. The first kappa shape index (κ1) is 22.8. The minimum atomic E-state index is -4.19. The Balaban J connectivity index is 2.19. The van der Waals surface area contributed by atoms with Gasteiger partial charge in [0, 0.05) is 31.2 Å². The highest BCUT2D eigenvalue weighted by Crippen LogP contribution is 2.42. The Bertz CT molecular complexity index is 1140. The smallest absolute Gasteiger partial charge is 0.270 e. The van der Waals surface area contributed by atoms with Gasteiger partial charge in [-0.15, -0.1) is 6.58 Å². The van der Waals surface area contributed by atoms with Gasteiger partial charge >= 0.3 is 0 Å². The molecule has 2 atom stereocenters. The predicted molar refractivity (Wildman–Crippen MR) is 110 cm³/mol. The van der Waals surface area contributed by atoms with E-state index in [-0.39, 0.29) is 23.5 Å². The summed E-state index contributed by atoms with van der Waals surface area (Å²) >= 11 is 0. The predicted octanol–water partition coefficient (Wildman–Crippen LogP) is 3.66. The molecule has 1 heterocycles. The van der Waals surface area contributed by atoms with Gasteiger partial charge in [0.2, 0.25) is 16.0 Å². The maximum absolute atomic E-state index is 14.7. The Labute approximate surface area is 177 Å². The molecule has 0 radical (unpaired) electrons. The molecule has 5 nitrogen and oxygen atoms in total. The number of alkyl halides is 2. The molecule has 10 heteroatoms. The molecular formula is C21H21F4N3O2S.